The number of amides is 1. The molecular formula is C19H24N4O3S. The molecule has 0 spiro atoms. The van der Waals surface area contributed by atoms with Crippen molar-refractivity contribution in [1.82, 2.24) is 14.8 Å². The number of hydrogen-bond donors (Lipinski definition) is 1. The van der Waals surface area contributed by atoms with E-state index in [0.29, 0.717) is 18.0 Å². The van der Waals surface area contributed by atoms with Crippen LogP contribution in [-0.2, 0) is 11.3 Å². The Bertz CT molecular complexity index is 817. The highest BCUT2D eigenvalue weighted by atomic mass is 32.1. The minimum absolute atomic E-state index is 0.0815. The third-order valence-corrected chi connectivity index (χ3v) is 5.95. The molecule has 1 amide bonds. The molecule has 1 atom stereocenters. The van der Waals surface area contributed by atoms with Gasteiger partial charge in [0.25, 0.3) is 0 Å². The van der Waals surface area contributed by atoms with Gasteiger partial charge in [-0.1, -0.05) is 6.07 Å². The van der Waals surface area contributed by atoms with Crippen molar-refractivity contribution < 1.29 is 14.3 Å². The summed E-state index contributed by atoms with van der Waals surface area (Å²) in [5.41, 5.74) is 1.26. The Kier molecular flexibility index (Phi) is 5.29. The van der Waals surface area contributed by atoms with Gasteiger partial charge in [0.15, 0.2) is 16.6 Å². The number of carbonyl (C=O) groups excluding carboxylic acids is 1. The van der Waals surface area contributed by atoms with Crippen LogP contribution >= 0.6 is 11.3 Å². The van der Waals surface area contributed by atoms with Crippen LogP contribution in [0.3, 0.4) is 0 Å². The largest absolute Gasteiger partial charge is 0.454 e. The standard InChI is InChI=1S/C19H24N4O3S/c1-13(15-3-4-17-18(9-15)26-12-25-17)23-7-5-22(6-8-23)11-16-10-20-19(27-16)21-14(2)24/h3-4,9-10,13H,5-8,11-12H2,1-2H3,(H,20,21,24)/t13-/m1/s1. The number of piperazine rings is 1. The second-order valence-electron chi connectivity index (χ2n) is 6.91. The number of carbonyl (C=O) groups is 1. The number of anilines is 1. The first-order valence-corrected chi connectivity index (χ1v) is 9.98. The highest BCUT2D eigenvalue weighted by Crippen LogP contribution is 2.35. The molecule has 1 N–H and O–H groups in total. The monoisotopic (exact) mass is 388 g/mol. The van der Waals surface area contributed by atoms with Crippen molar-refractivity contribution in [2.24, 2.45) is 0 Å². The molecule has 4 rings (SSSR count). The number of benzene rings is 1. The molecule has 3 heterocycles. The van der Waals surface area contributed by atoms with Gasteiger partial charge in [-0.25, -0.2) is 4.98 Å². The highest BCUT2D eigenvalue weighted by Gasteiger charge is 2.24. The van der Waals surface area contributed by atoms with Gasteiger partial charge in [0, 0.05) is 56.8 Å². The Morgan fingerprint density at radius 2 is 2.04 bits per heavy atom. The first-order valence-electron chi connectivity index (χ1n) is 9.17. The smallest absolute Gasteiger partial charge is 0.231 e. The second-order valence-corrected chi connectivity index (χ2v) is 8.03. The number of ether oxygens (including phenoxy) is 2. The molecule has 0 bridgehead atoms. The molecule has 144 valence electrons. The van der Waals surface area contributed by atoms with Crippen LogP contribution in [0.1, 0.15) is 30.3 Å². The predicted octanol–water partition coefficient (Wildman–Crippen LogP) is 2.71. The van der Waals surface area contributed by atoms with E-state index in [-0.39, 0.29) is 5.91 Å². The maximum atomic E-state index is 11.1. The van der Waals surface area contributed by atoms with Crippen LogP contribution in [0.15, 0.2) is 24.4 Å². The summed E-state index contributed by atoms with van der Waals surface area (Å²) in [6.07, 6.45) is 1.86. The zero-order chi connectivity index (χ0) is 18.8. The van der Waals surface area contributed by atoms with E-state index in [9.17, 15) is 4.79 Å². The number of thiazole rings is 1. The summed E-state index contributed by atoms with van der Waals surface area (Å²) in [6.45, 7) is 9.01. The lowest BCUT2D eigenvalue weighted by Crippen LogP contribution is -2.46. The Hall–Kier alpha value is -2.16. The van der Waals surface area contributed by atoms with Crippen LogP contribution in [0.5, 0.6) is 11.5 Å². The maximum Gasteiger partial charge on any atom is 0.231 e. The van der Waals surface area contributed by atoms with Gasteiger partial charge in [-0.15, -0.1) is 11.3 Å². The number of nitrogens with zero attached hydrogens (tertiary/aromatic N) is 3. The van der Waals surface area contributed by atoms with Crippen LogP contribution < -0.4 is 14.8 Å². The molecule has 0 saturated carbocycles. The first-order chi connectivity index (χ1) is 13.1. The summed E-state index contributed by atoms with van der Waals surface area (Å²) < 4.78 is 10.9. The van der Waals surface area contributed by atoms with Crippen LogP contribution in [0.2, 0.25) is 0 Å². The van der Waals surface area contributed by atoms with Gasteiger partial charge in [0.2, 0.25) is 12.7 Å². The highest BCUT2D eigenvalue weighted by molar-refractivity contribution is 7.15. The second kappa shape index (κ2) is 7.84. The third-order valence-electron chi connectivity index (χ3n) is 5.05. The van der Waals surface area contributed by atoms with Crippen molar-refractivity contribution in [1.29, 1.82) is 0 Å². The fourth-order valence-electron chi connectivity index (χ4n) is 3.50. The molecule has 0 radical (unpaired) electrons. The number of aromatic nitrogens is 1. The minimum atomic E-state index is -0.0815. The lowest BCUT2D eigenvalue weighted by atomic mass is 10.1. The van der Waals surface area contributed by atoms with Gasteiger partial charge in [0.1, 0.15) is 0 Å². The third kappa shape index (κ3) is 4.23. The Morgan fingerprint density at radius 1 is 1.26 bits per heavy atom. The van der Waals surface area contributed by atoms with Crippen LogP contribution in [0.25, 0.3) is 0 Å². The Morgan fingerprint density at radius 3 is 2.81 bits per heavy atom. The molecule has 2 aromatic rings. The van der Waals surface area contributed by atoms with Gasteiger partial charge < -0.3 is 14.8 Å². The van der Waals surface area contributed by atoms with E-state index in [1.165, 1.54) is 17.4 Å². The van der Waals surface area contributed by atoms with Crippen molar-refractivity contribution in [3.8, 4) is 11.5 Å². The molecule has 7 nitrogen and oxygen atoms in total. The van der Waals surface area contributed by atoms with Gasteiger partial charge in [0.05, 0.1) is 0 Å². The van der Waals surface area contributed by atoms with Crippen molar-refractivity contribution in [3.05, 3.63) is 34.8 Å². The van der Waals surface area contributed by atoms with Crippen molar-refractivity contribution in [3.63, 3.8) is 0 Å². The normalized spacial score (nSPS) is 18.4. The van der Waals surface area contributed by atoms with Gasteiger partial charge >= 0.3 is 0 Å². The van der Waals surface area contributed by atoms with E-state index >= 15 is 0 Å². The lowest BCUT2D eigenvalue weighted by molar-refractivity contribution is -0.114. The summed E-state index contributed by atoms with van der Waals surface area (Å²) in [7, 11) is 0. The van der Waals surface area contributed by atoms with Crippen LogP contribution in [0, 0.1) is 0 Å². The maximum absolute atomic E-state index is 11.1. The molecule has 1 aromatic carbocycles. The molecule has 0 aliphatic carbocycles. The molecule has 0 unspecified atom stereocenters. The quantitative estimate of drug-likeness (QED) is 0.850. The predicted molar refractivity (Wildman–Crippen MR) is 104 cm³/mol. The van der Waals surface area contributed by atoms with Crippen LogP contribution in [-0.4, -0.2) is 53.7 Å². The fraction of sp³-hybridized carbons (Fsp3) is 0.474. The SMILES string of the molecule is CC(=O)Nc1ncc(CN2CCN([C@H](C)c3ccc4c(c3)OCO4)CC2)s1. The Labute approximate surface area is 162 Å². The number of rotatable bonds is 5. The number of nitrogens with one attached hydrogen (secondary N) is 1. The number of hydrogen-bond acceptors (Lipinski definition) is 7. The number of fused-ring (bicyclic) bond motifs is 1. The van der Waals surface area contributed by atoms with Crippen molar-refractivity contribution in [2.45, 2.75) is 26.4 Å². The van der Waals surface area contributed by atoms with E-state index in [1.807, 2.05) is 12.3 Å². The summed E-state index contributed by atoms with van der Waals surface area (Å²) in [4.78, 5) is 21.5. The summed E-state index contributed by atoms with van der Waals surface area (Å²) >= 11 is 1.55. The summed E-state index contributed by atoms with van der Waals surface area (Å²) in [5, 5.41) is 3.42. The van der Waals surface area contributed by atoms with E-state index < -0.39 is 0 Å². The van der Waals surface area contributed by atoms with E-state index in [1.54, 1.807) is 11.3 Å². The Balaban J connectivity index is 1.30. The molecule has 1 fully saturated rings. The van der Waals surface area contributed by atoms with Crippen molar-refractivity contribution >= 4 is 22.4 Å². The molecule has 2 aliphatic heterocycles. The van der Waals surface area contributed by atoms with E-state index in [4.69, 9.17) is 9.47 Å². The average Bonchev–Trinajstić information content (AvgIpc) is 3.30. The summed E-state index contributed by atoms with van der Waals surface area (Å²) in [5.74, 6) is 1.60. The topological polar surface area (TPSA) is 66.9 Å². The van der Waals surface area contributed by atoms with E-state index in [2.05, 4.69) is 39.2 Å². The molecule has 27 heavy (non-hydrogen) atoms. The lowest BCUT2D eigenvalue weighted by Gasteiger charge is -2.38. The van der Waals surface area contributed by atoms with Crippen LogP contribution in [0.4, 0.5) is 5.13 Å². The minimum Gasteiger partial charge on any atom is -0.454 e. The first kappa shape index (κ1) is 18.2. The fourth-order valence-corrected chi connectivity index (χ4v) is 4.40. The molecule has 1 aromatic heterocycles. The molecule has 1 saturated heterocycles. The van der Waals surface area contributed by atoms with E-state index in [0.717, 1.165) is 44.2 Å². The zero-order valence-electron chi connectivity index (χ0n) is 15.6. The average molecular weight is 388 g/mol. The molecule has 8 heteroatoms. The zero-order valence-corrected chi connectivity index (χ0v) is 16.4. The van der Waals surface area contributed by atoms with Gasteiger partial charge in [-0.2, -0.15) is 0 Å². The van der Waals surface area contributed by atoms with Gasteiger partial charge in [-0.3, -0.25) is 14.6 Å². The van der Waals surface area contributed by atoms with Crippen molar-refractivity contribution in [2.75, 3.05) is 38.3 Å². The molecular weight excluding hydrogens is 364 g/mol. The molecule has 2 aliphatic rings. The summed E-state index contributed by atoms with van der Waals surface area (Å²) in [6, 6.07) is 6.57. The van der Waals surface area contributed by atoms with Gasteiger partial charge in [-0.05, 0) is 24.6 Å².